The Morgan fingerprint density at radius 3 is 2.70 bits per heavy atom. The highest BCUT2D eigenvalue weighted by Crippen LogP contribution is 2.28. The first-order chi connectivity index (χ1) is 9.63. The summed E-state index contributed by atoms with van der Waals surface area (Å²) in [5.74, 6) is 1.15. The van der Waals surface area contributed by atoms with Crippen LogP contribution in [0.5, 0.6) is 11.5 Å². The van der Waals surface area contributed by atoms with Crippen LogP contribution in [0.1, 0.15) is 31.1 Å². The number of hydrogen-bond donors (Lipinski definition) is 0. The van der Waals surface area contributed by atoms with Crippen LogP contribution in [-0.4, -0.2) is 16.9 Å². The molecule has 1 heterocycles. The highest BCUT2D eigenvalue weighted by atomic mass is 16.5. The van der Waals surface area contributed by atoms with Crippen LogP contribution in [0.3, 0.4) is 0 Å². The zero-order valence-corrected chi connectivity index (χ0v) is 11.8. The number of nitrogens with zero attached hydrogens (tertiary/aromatic N) is 3. The standard InChI is InChI=1S/C15H17N3O2/c1-11(2)18-7-6-13(17-18)10-20-14-5-4-12(9-16)8-15(14)19-3/h4-8,11H,10H2,1-3H3. The van der Waals surface area contributed by atoms with Gasteiger partial charge in [-0.3, -0.25) is 4.68 Å². The smallest absolute Gasteiger partial charge is 0.162 e. The monoisotopic (exact) mass is 271 g/mol. The molecule has 0 radical (unpaired) electrons. The molecule has 5 nitrogen and oxygen atoms in total. The highest BCUT2D eigenvalue weighted by Gasteiger charge is 2.08. The minimum Gasteiger partial charge on any atom is -0.493 e. The first-order valence-corrected chi connectivity index (χ1v) is 6.39. The Bertz CT molecular complexity index is 626. The molecule has 0 aliphatic rings. The third-order valence-electron chi connectivity index (χ3n) is 2.86. The van der Waals surface area contributed by atoms with Crippen LogP contribution >= 0.6 is 0 Å². The molecule has 2 aromatic rings. The van der Waals surface area contributed by atoms with Gasteiger partial charge in [-0.2, -0.15) is 10.4 Å². The lowest BCUT2D eigenvalue weighted by Crippen LogP contribution is -2.03. The predicted octanol–water partition coefficient (Wildman–Crippen LogP) is 2.92. The third kappa shape index (κ3) is 3.09. The molecule has 0 spiro atoms. The van der Waals surface area contributed by atoms with Crippen molar-refractivity contribution in [2.24, 2.45) is 0 Å². The van der Waals surface area contributed by atoms with Crippen molar-refractivity contribution in [3.63, 3.8) is 0 Å². The predicted molar refractivity (Wildman–Crippen MR) is 74.7 cm³/mol. The maximum atomic E-state index is 8.85. The summed E-state index contributed by atoms with van der Waals surface area (Å²) in [5.41, 5.74) is 1.39. The van der Waals surface area contributed by atoms with Crippen molar-refractivity contribution >= 4 is 0 Å². The number of nitriles is 1. The lowest BCUT2D eigenvalue weighted by atomic mass is 10.2. The first-order valence-electron chi connectivity index (χ1n) is 6.39. The fourth-order valence-corrected chi connectivity index (χ4v) is 1.75. The van der Waals surface area contributed by atoms with Gasteiger partial charge < -0.3 is 9.47 Å². The molecule has 0 saturated carbocycles. The molecule has 20 heavy (non-hydrogen) atoms. The summed E-state index contributed by atoms with van der Waals surface area (Å²) in [4.78, 5) is 0. The van der Waals surface area contributed by atoms with Crippen molar-refractivity contribution in [1.82, 2.24) is 9.78 Å². The Kier molecular flexibility index (Phi) is 4.26. The molecule has 104 valence electrons. The number of methoxy groups -OCH3 is 1. The van der Waals surface area contributed by atoms with E-state index in [9.17, 15) is 0 Å². The molecule has 1 aromatic carbocycles. The van der Waals surface area contributed by atoms with Gasteiger partial charge in [0, 0.05) is 18.3 Å². The lowest BCUT2D eigenvalue weighted by Gasteiger charge is -2.10. The fourth-order valence-electron chi connectivity index (χ4n) is 1.75. The second-order valence-electron chi connectivity index (χ2n) is 4.65. The molecule has 1 aromatic heterocycles. The van der Waals surface area contributed by atoms with Crippen molar-refractivity contribution in [2.75, 3.05) is 7.11 Å². The number of aromatic nitrogens is 2. The van der Waals surface area contributed by atoms with E-state index in [1.807, 2.05) is 16.9 Å². The molecule has 0 aliphatic heterocycles. The van der Waals surface area contributed by atoms with Gasteiger partial charge >= 0.3 is 0 Å². The molecule has 0 fully saturated rings. The van der Waals surface area contributed by atoms with Gasteiger partial charge in [0.1, 0.15) is 6.61 Å². The first kappa shape index (κ1) is 13.9. The van der Waals surface area contributed by atoms with E-state index < -0.39 is 0 Å². The summed E-state index contributed by atoms with van der Waals surface area (Å²) in [5, 5.41) is 13.3. The van der Waals surface area contributed by atoms with Gasteiger partial charge in [-0.25, -0.2) is 0 Å². The topological polar surface area (TPSA) is 60.1 Å². The number of ether oxygens (including phenoxy) is 2. The normalized spacial score (nSPS) is 10.3. The molecule has 0 N–H and O–H groups in total. The maximum Gasteiger partial charge on any atom is 0.162 e. The molecule has 0 amide bonds. The second kappa shape index (κ2) is 6.11. The summed E-state index contributed by atoms with van der Waals surface area (Å²) < 4.78 is 12.8. The van der Waals surface area contributed by atoms with E-state index >= 15 is 0 Å². The average molecular weight is 271 g/mol. The summed E-state index contributed by atoms with van der Waals surface area (Å²) >= 11 is 0. The fraction of sp³-hybridized carbons (Fsp3) is 0.333. The highest BCUT2D eigenvalue weighted by molar-refractivity contribution is 5.46. The van der Waals surface area contributed by atoms with Crippen LogP contribution in [0.4, 0.5) is 0 Å². The minimum absolute atomic E-state index is 0.327. The Labute approximate surface area is 118 Å². The summed E-state index contributed by atoms with van der Waals surface area (Å²) in [7, 11) is 1.55. The van der Waals surface area contributed by atoms with Crippen LogP contribution < -0.4 is 9.47 Å². The van der Waals surface area contributed by atoms with Gasteiger partial charge in [-0.1, -0.05) is 0 Å². The number of rotatable bonds is 5. The Morgan fingerprint density at radius 2 is 2.10 bits per heavy atom. The quantitative estimate of drug-likeness (QED) is 0.839. The molecular formula is C15H17N3O2. The van der Waals surface area contributed by atoms with E-state index in [2.05, 4.69) is 25.0 Å². The van der Waals surface area contributed by atoms with Crippen LogP contribution in [0.15, 0.2) is 30.5 Å². The zero-order chi connectivity index (χ0) is 14.5. The number of benzene rings is 1. The SMILES string of the molecule is COc1cc(C#N)ccc1OCc1ccn(C(C)C)n1. The molecule has 0 unspecified atom stereocenters. The van der Waals surface area contributed by atoms with E-state index in [0.717, 1.165) is 5.69 Å². The number of hydrogen-bond acceptors (Lipinski definition) is 4. The summed E-state index contributed by atoms with van der Waals surface area (Å²) in [6.07, 6.45) is 1.93. The second-order valence-corrected chi connectivity index (χ2v) is 4.65. The van der Waals surface area contributed by atoms with E-state index in [4.69, 9.17) is 14.7 Å². The van der Waals surface area contributed by atoms with Crippen molar-refractivity contribution in [3.8, 4) is 17.6 Å². The largest absolute Gasteiger partial charge is 0.493 e. The van der Waals surface area contributed by atoms with Crippen molar-refractivity contribution in [3.05, 3.63) is 41.7 Å². The maximum absolute atomic E-state index is 8.85. The molecule has 2 rings (SSSR count). The average Bonchev–Trinajstić information content (AvgIpc) is 2.94. The summed E-state index contributed by atoms with van der Waals surface area (Å²) in [6.45, 7) is 4.50. The Hall–Kier alpha value is -2.48. The molecule has 0 aliphatic carbocycles. The molecule has 0 saturated heterocycles. The molecular weight excluding hydrogens is 254 g/mol. The van der Waals surface area contributed by atoms with E-state index in [0.29, 0.717) is 29.7 Å². The van der Waals surface area contributed by atoms with Crippen LogP contribution in [0, 0.1) is 11.3 Å². The lowest BCUT2D eigenvalue weighted by molar-refractivity contribution is 0.279. The third-order valence-corrected chi connectivity index (χ3v) is 2.86. The molecule has 5 heteroatoms. The van der Waals surface area contributed by atoms with Crippen molar-refractivity contribution < 1.29 is 9.47 Å². The van der Waals surface area contributed by atoms with Gasteiger partial charge in [-0.05, 0) is 32.0 Å². The zero-order valence-electron chi connectivity index (χ0n) is 11.8. The van der Waals surface area contributed by atoms with E-state index in [1.54, 1.807) is 25.3 Å². The molecule has 0 atom stereocenters. The van der Waals surface area contributed by atoms with Crippen LogP contribution in [-0.2, 0) is 6.61 Å². The van der Waals surface area contributed by atoms with Gasteiger partial charge in [0.2, 0.25) is 0 Å². The van der Waals surface area contributed by atoms with Crippen LogP contribution in [0.2, 0.25) is 0 Å². The van der Waals surface area contributed by atoms with Crippen LogP contribution in [0.25, 0.3) is 0 Å². The Morgan fingerprint density at radius 1 is 1.30 bits per heavy atom. The Balaban J connectivity index is 2.08. The summed E-state index contributed by atoms with van der Waals surface area (Å²) in [6, 6.07) is 9.41. The van der Waals surface area contributed by atoms with Gasteiger partial charge in [0.15, 0.2) is 11.5 Å². The van der Waals surface area contributed by atoms with Crippen molar-refractivity contribution in [2.45, 2.75) is 26.5 Å². The van der Waals surface area contributed by atoms with E-state index in [1.165, 1.54) is 0 Å². The van der Waals surface area contributed by atoms with Gasteiger partial charge in [-0.15, -0.1) is 0 Å². The molecule has 0 bridgehead atoms. The van der Waals surface area contributed by atoms with Crippen molar-refractivity contribution in [1.29, 1.82) is 5.26 Å². The van der Waals surface area contributed by atoms with Gasteiger partial charge in [0.05, 0.1) is 24.4 Å². The van der Waals surface area contributed by atoms with Gasteiger partial charge in [0.25, 0.3) is 0 Å². The van der Waals surface area contributed by atoms with E-state index in [-0.39, 0.29) is 0 Å². The minimum atomic E-state index is 0.327.